The summed E-state index contributed by atoms with van der Waals surface area (Å²) in [6, 6.07) is 0. The lowest BCUT2D eigenvalue weighted by Crippen LogP contribution is -2.41. The summed E-state index contributed by atoms with van der Waals surface area (Å²) in [6.45, 7) is 11.3. The van der Waals surface area contributed by atoms with Crippen molar-refractivity contribution in [2.45, 2.75) is 60.3 Å². The third kappa shape index (κ3) is 4.79. The van der Waals surface area contributed by atoms with E-state index in [4.69, 9.17) is 4.74 Å². The van der Waals surface area contributed by atoms with E-state index in [9.17, 15) is 4.79 Å². The van der Waals surface area contributed by atoms with Gasteiger partial charge in [0.2, 0.25) is 0 Å². The van der Waals surface area contributed by atoms with Crippen LogP contribution in [0.4, 0.5) is 0 Å². The van der Waals surface area contributed by atoms with Crippen LogP contribution in [0.2, 0.25) is 0 Å². The highest BCUT2D eigenvalue weighted by Crippen LogP contribution is 2.37. The fourth-order valence-corrected chi connectivity index (χ4v) is 2.35. The van der Waals surface area contributed by atoms with E-state index in [0.29, 0.717) is 30.6 Å². The topological polar surface area (TPSA) is 26.3 Å². The monoisotopic (exact) mass is 242 g/mol. The van der Waals surface area contributed by atoms with E-state index < -0.39 is 0 Å². The van der Waals surface area contributed by atoms with E-state index in [1.165, 1.54) is 0 Å². The van der Waals surface area contributed by atoms with Crippen molar-refractivity contribution in [3.05, 3.63) is 0 Å². The van der Waals surface area contributed by atoms with Crippen LogP contribution >= 0.6 is 0 Å². The quantitative estimate of drug-likeness (QED) is 0.609. The van der Waals surface area contributed by atoms with Gasteiger partial charge in [-0.3, -0.25) is 4.79 Å². The van der Waals surface area contributed by atoms with Crippen molar-refractivity contribution in [3.8, 4) is 0 Å². The first kappa shape index (κ1) is 16.6. The first-order valence-electron chi connectivity index (χ1n) is 6.93. The van der Waals surface area contributed by atoms with Crippen LogP contribution in [0.3, 0.4) is 0 Å². The molecule has 0 aliphatic rings. The minimum atomic E-state index is -0.269. The van der Waals surface area contributed by atoms with Crippen LogP contribution in [-0.2, 0) is 9.53 Å². The molecule has 0 heterocycles. The summed E-state index contributed by atoms with van der Waals surface area (Å²) in [5, 5.41) is 0. The van der Waals surface area contributed by atoms with Gasteiger partial charge < -0.3 is 4.74 Å². The number of hydrogen-bond donors (Lipinski definition) is 0. The van der Waals surface area contributed by atoms with Gasteiger partial charge in [0, 0.05) is 13.5 Å². The van der Waals surface area contributed by atoms with Crippen molar-refractivity contribution in [2.75, 3.05) is 13.7 Å². The van der Waals surface area contributed by atoms with Crippen LogP contribution in [0.1, 0.15) is 60.3 Å². The Kier molecular flexibility index (Phi) is 7.69. The summed E-state index contributed by atoms with van der Waals surface area (Å²) in [5.41, 5.74) is -0.269. The highest BCUT2D eigenvalue weighted by molar-refractivity contribution is 5.85. The Hall–Kier alpha value is -0.370. The number of carbonyl (C=O) groups is 1. The summed E-state index contributed by atoms with van der Waals surface area (Å²) >= 11 is 0. The Labute approximate surface area is 107 Å². The van der Waals surface area contributed by atoms with Gasteiger partial charge in [0.05, 0.1) is 12.0 Å². The smallest absolute Gasteiger partial charge is 0.141 e. The molecule has 2 nitrogen and oxygen atoms in total. The van der Waals surface area contributed by atoms with Crippen LogP contribution < -0.4 is 0 Å². The van der Waals surface area contributed by atoms with E-state index in [1.807, 2.05) is 0 Å². The Morgan fingerprint density at radius 3 is 2.18 bits per heavy atom. The maximum absolute atomic E-state index is 12.4. The molecule has 0 saturated carbocycles. The molecule has 0 amide bonds. The van der Waals surface area contributed by atoms with Gasteiger partial charge in [-0.05, 0) is 31.1 Å². The normalized spacial score (nSPS) is 15.3. The van der Waals surface area contributed by atoms with E-state index in [1.54, 1.807) is 7.11 Å². The van der Waals surface area contributed by atoms with Gasteiger partial charge >= 0.3 is 0 Å². The predicted molar refractivity (Wildman–Crippen MR) is 73.1 cm³/mol. The van der Waals surface area contributed by atoms with Crippen molar-refractivity contribution in [2.24, 2.45) is 17.3 Å². The van der Waals surface area contributed by atoms with Gasteiger partial charge in [0.25, 0.3) is 0 Å². The predicted octanol–water partition coefficient (Wildman–Crippen LogP) is 4.08. The molecule has 0 aromatic rings. The van der Waals surface area contributed by atoms with Crippen LogP contribution in [0, 0.1) is 17.3 Å². The van der Waals surface area contributed by atoms with E-state index in [2.05, 4.69) is 34.6 Å². The standard InChI is InChI=1S/C15H30O2/c1-7-8-14(16)15(11-17-6,13(4)5)10-9-12(2)3/h12-13H,7-11H2,1-6H3. The molecule has 0 N–H and O–H groups in total. The molecule has 17 heavy (non-hydrogen) atoms. The molecule has 0 saturated heterocycles. The van der Waals surface area contributed by atoms with Gasteiger partial charge in [0.1, 0.15) is 5.78 Å². The van der Waals surface area contributed by atoms with Crippen molar-refractivity contribution in [1.82, 2.24) is 0 Å². The van der Waals surface area contributed by atoms with E-state index in [-0.39, 0.29) is 5.41 Å². The van der Waals surface area contributed by atoms with Crippen LogP contribution in [0.15, 0.2) is 0 Å². The minimum absolute atomic E-state index is 0.269. The lowest BCUT2D eigenvalue weighted by atomic mass is 9.69. The maximum atomic E-state index is 12.4. The number of Topliss-reactive ketones (excluding diaryl/α,β-unsaturated/α-hetero) is 1. The fraction of sp³-hybridized carbons (Fsp3) is 0.933. The maximum Gasteiger partial charge on any atom is 0.141 e. The molecule has 0 radical (unpaired) electrons. The molecule has 0 aliphatic heterocycles. The third-order valence-corrected chi connectivity index (χ3v) is 3.71. The first-order valence-corrected chi connectivity index (χ1v) is 6.93. The molecular formula is C15H30O2. The lowest BCUT2D eigenvalue weighted by Gasteiger charge is -2.36. The Morgan fingerprint density at radius 1 is 1.24 bits per heavy atom. The van der Waals surface area contributed by atoms with Gasteiger partial charge in [0.15, 0.2) is 0 Å². The zero-order valence-corrected chi connectivity index (χ0v) is 12.5. The Balaban J connectivity index is 4.91. The zero-order chi connectivity index (χ0) is 13.5. The second-order valence-electron chi connectivity index (χ2n) is 5.85. The molecule has 0 spiro atoms. The molecule has 0 bridgehead atoms. The fourth-order valence-electron chi connectivity index (χ4n) is 2.35. The average Bonchev–Trinajstić information content (AvgIpc) is 2.23. The van der Waals surface area contributed by atoms with Crippen LogP contribution in [-0.4, -0.2) is 19.5 Å². The summed E-state index contributed by atoms with van der Waals surface area (Å²) in [6.07, 6.45) is 3.66. The largest absolute Gasteiger partial charge is 0.384 e. The summed E-state index contributed by atoms with van der Waals surface area (Å²) in [7, 11) is 1.70. The molecule has 2 heteroatoms. The zero-order valence-electron chi connectivity index (χ0n) is 12.5. The Bertz CT molecular complexity index is 221. The first-order chi connectivity index (χ1) is 7.90. The molecular weight excluding hydrogens is 212 g/mol. The van der Waals surface area contributed by atoms with Gasteiger partial charge in [-0.2, -0.15) is 0 Å². The van der Waals surface area contributed by atoms with Crippen molar-refractivity contribution < 1.29 is 9.53 Å². The van der Waals surface area contributed by atoms with Gasteiger partial charge in [-0.25, -0.2) is 0 Å². The van der Waals surface area contributed by atoms with Crippen LogP contribution in [0.25, 0.3) is 0 Å². The van der Waals surface area contributed by atoms with Crippen molar-refractivity contribution >= 4 is 5.78 Å². The van der Waals surface area contributed by atoms with Crippen molar-refractivity contribution in [3.63, 3.8) is 0 Å². The second-order valence-corrected chi connectivity index (χ2v) is 5.85. The highest BCUT2D eigenvalue weighted by atomic mass is 16.5. The number of carbonyl (C=O) groups excluding carboxylic acids is 1. The van der Waals surface area contributed by atoms with Gasteiger partial charge in [-0.15, -0.1) is 0 Å². The van der Waals surface area contributed by atoms with Crippen LogP contribution in [0.5, 0.6) is 0 Å². The van der Waals surface area contributed by atoms with E-state index >= 15 is 0 Å². The molecule has 0 aromatic heterocycles. The third-order valence-electron chi connectivity index (χ3n) is 3.71. The van der Waals surface area contributed by atoms with E-state index in [0.717, 1.165) is 19.3 Å². The van der Waals surface area contributed by atoms with Crippen molar-refractivity contribution in [1.29, 1.82) is 0 Å². The number of rotatable bonds is 9. The molecule has 0 aliphatic carbocycles. The molecule has 0 rings (SSSR count). The number of hydrogen-bond acceptors (Lipinski definition) is 2. The SMILES string of the molecule is CCCC(=O)C(CCC(C)C)(COC)C(C)C. The molecule has 1 atom stereocenters. The van der Waals surface area contributed by atoms with Gasteiger partial charge in [-0.1, -0.05) is 34.6 Å². The lowest BCUT2D eigenvalue weighted by molar-refractivity contribution is -0.136. The number of ether oxygens (including phenoxy) is 1. The average molecular weight is 242 g/mol. The second kappa shape index (κ2) is 7.86. The molecule has 102 valence electrons. The minimum Gasteiger partial charge on any atom is -0.384 e. The summed E-state index contributed by atoms with van der Waals surface area (Å²) in [5.74, 6) is 1.37. The number of methoxy groups -OCH3 is 1. The molecule has 0 aromatic carbocycles. The summed E-state index contributed by atoms with van der Waals surface area (Å²) < 4.78 is 5.35. The summed E-state index contributed by atoms with van der Waals surface area (Å²) in [4.78, 5) is 12.4. The highest BCUT2D eigenvalue weighted by Gasteiger charge is 2.40. The molecule has 0 fully saturated rings. The molecule has 1 unspecified atom stereocenters. The number of ketones is 1. The Morgan fingerprint density at radius 2 is 1.82 bits per heavy atom.